The number of rotatable bonds is 2. The van der Waals surface area contributed by atoms with Gasteiger partial charge in [0.25, 0.3) is 0 Å². The van der Waals surface area contributed by atoms with E-state index in [2.05, 4.69) is 36.2 Å². The normalized spacial score (nSPS) is 31.3. The number of hydrogen-bond donors (Lipinski definition) is 1. The van der Waals surface area contributed by atoms with E-state index in [1.165, 1.54) is 12.8 Å². The molecule has 140 valence electrons. The maximum absolute atomic E-state index is 12.1. The third-order valence-electron chi connectivity index (χ3n) is 7.60. The van der Waals surface area contributed by atoms with Crippen molar-refractivity contribution >= 4 is 11.8 Å². The van der Waals surface area contributed by atoms with Crippen molar-refractivity contribution in [2.24, 2.45) is 17.3 Å². The first-order chi connectivity index (χ1) is 12.5. The zero-order chi connectivity index (χ0) is 17.9. The highest BCUT2D eigenvalue weighted by Gasteiger charge is 2.51. The lowest BCUT2D eigenvalue weighted by Crippen LogP contribution is -2.52. The van der Waals surface area contributed by atoms with Crippen LogP contribution in [0.1, 0.15) is 46.5 Å². The molecule has 2 heterocycles. The summed E-state index contributed by atoms with van der Waals surface area (Å²) in [5, 5.41) is 2.84. The first-order valence-corrected chi connectivity index (χ1v) is 9.99. The van der Waals surface area contributed by atoms with Crippen LogP contribution in [0.15, 0.2) is 35.9 Å². The number of ether oxygens (including phenoxy) is 1. The van der Waals surface area contributed by atoms with Crippen molar-refractivity contribution in [1.29, 1.82) is 0 Å². The zero-order valence-electron chi connectivity index (χ0n) is 15.8. The van der Waals surface area contributed by atoms with E-state index in [1.807, 2.05) is 18.2 Å². The minimum atomic E-state index is -0.447. The van der Waals surface area contributed by atoms with Crippen LogP contribution >= 0.6 is 0 Å². The van der Waals surface area contributed by atoms with Crippen molar-refractivity contribution < 1.29 is 11.0 Å². The summed E-state index contributed by atoms with van der Waals surface area (Å²) in [5.74, 6) is 1.67. The van der Waals surface area contributed by atoms with Gasteiger partial charge in [0, 0.05) is 39.5 Å². The average Bonchev–Trinajstić information content (AvgIpc) is 2.63. The Kier molecular flexibility index (Phi) is 3.52. The number of hydrogen-bond acceptors (Lipinski definition) is 3. The van der Waals surface area contributed by atoms with Crippen LogP contribution in [-0.2, 0) is 10.3 Å². The third kappa shape index (κ3) is 2.34. The van der Waals surface area contributed by atoms with Crippen molar-refractivity contribution in [2.75, 3.05) is 25.0 Å². The highest BCUT2D eigenvalue weighted by molar-refractivity contribution is 5.88. The van der Waals surface area contributed by atoms with E-state index >= 15 is 0 Å². The number of piperidine rings is 1. The Morgan fingerprint density at radius 2 is 2.04 bits per heavy atom. The van der Waals surface area contributed by atoms with Gasteiger partial charge in [-0.3, -0.25) is 10.2 Å². The molecule has 1 amide bonds. The Balaban J connectivity index is 0.00000180. The Morgan fingerprint density at radius 3 is 2.77 bits per heavy atom. The summed E-state index contributed by atoms with van der Waals surface area (Å²) in [6.07, 6.45) is 6.59. The topological polar surface area (TPSA) is 41.6 Å². The molecule has 1 unspecified atom stereocenters. The molecule has 1 saturated heterocycles. The third-order valence-corrected chi connectivity index (χ3v) is 7.60. The molecular weight excluding hydrogens is 324 g/mol. The second-order valence-corrected chi connectivity index (χ2v) is 9.15. The first kappa shape index (κ1) is 16.4. The van der Waals surface area contributed by atoms with Crippen LogP contribution in [0.4, 0.5) is 10.5 Å². The van der Waals surface area contributed by atoms with Crippen LogP contribution < -0.4 is 5.32 Å². The number of likely N-dealkylation sites (tertiary alicyclic amines) is 1. The summed E-state index contributed by atoms with van der Waals surface area (Å²) in [7, 11) is 0. The summed E-state index contributed by atoms with van der Waals surface area (Å²) in [5.41, 5.74) is 3.74. The lowest BCUT2D eigenvalue weighted by Gasteiger charge is -2.57. The number of benzene rings is 1. The van der Waals surface area contributed by atoms with Crippen LogP contribution in [0.3, 0.4) is 0 Å². The molecule has 2 aliphatic heterocycles. The summed E-state index contributed by atoms with van der Waals surface area (Å²) < 4.78 is 5.85. The number of carbonyl (C=O) groups is 1. The zero-order valence-corrected chi connectivity index (χ0v) is 15.8. The van der Waals surface area contributed by atoms with Gasteiger partial charge < -0.3 is 4.74 Å². The Hall–Kier alpha value is -1.81. The van der Waals surface area contributed by atoms with E-state index < -0.39 is 5.60 Å². The number of para-hydroxylation sites is 1. The minimum Gasteiger partial charge on any atom is -0.438 e. The van der Waals surface area contributed by atoms with Gasteiger partial charge in [0.05, 0.1) is 5.69 Å². The van der Waals surface area contributed by atoms with Crippen molar-refractivity contribution in [2.45, 2.75) is 45.1 Å². The van der Waals surface area contributed by atoms with Crippen LogP contribution in [-0.4, -0.2) is 30.6 Å². The molecule has 2 fully saturated rings. The van der Waals surface area contributed by atoms with Gasteiger partial charge in [-0.25, -0.2) is 4.79 Å². The molecule has 1 spiro atoms. The van der Waals surface area contributed by atoms with Gasteiger partial charge in [0.15, 0.2) is 0 Å². The summed E-state index contributed by atoms with van der Waals surface area (Å²) in [6, 6.07) is 8.09. The molecule has 6 rings (SSSR count). The number of carbonyl (C=O) groups excluding carboxylic acids is 1. The fourth-order valence-corrected chi connectivity index (χ4v) is 5.72. The van der Waals surface area contributed by atoms with Crippen molar-refractivity contribution in [1.82, 2.24) is 4.90 Å². The van der Waals surface area contributed by atoms with Gasteiger partial charge in [0.2, 0.25) is 0 Å². The van der Waals surface area contributed by atoms with Crippen LogP contribution in [0.25, 0.3) is 0 Å². The Labute approximate surface area is 157 Å². The van der Waals surface area contributed by atoms with Crippen LogP contribution in [0.2, 0.25) is 0 Å². The molecule has 5 aliphatic rings. The molecule has 0 radical (unpaired) electrons. The van der Waals surface area contributed by atoms with Crippen molar-refractivity contribution in [3.8, 4) is 0 Å². The fraction of sp³-hybridized carbons (Fsp3) is 0.591. The molecule has 2 atom stereocenters. The molecule has 1 aromatic carbocycles. The minimum absolute atomic E-state index is 0. The van der Waals surface area contributed by atoms with Gasteiger partial charge in [-0.1, -0.05) is 43.7 Å². The van der Waals surface area contributed by atoms with E-state index in [0.717, 1.165) is 55.6 Å². The molecule has 4 heteroatoms. The first-order valence-electron chi connectivity index (χ1n) is 9.99. The number of anilines is 1. The van der Waals surface area contributed by atoms with E-state index in [9.17, 15) is 4.79 Å². The van der Waals surface area contributed by atoms with Gasteiger partial charge in [-0.2, -0.15) is 0 Å². The molecule has 4 nitrogen and oxygen atoms in total. The molecule has 1 saturated carbocycles. The number of fused-ring (bicyclic) bond motifs is 3. The number of nitrogens with zero attached hydrogens (tertiary/aromatic N) is 1. The molecule has 26 heavy (non-hydrogen) atoms. The largest absolute Gasteiger partial charge is 0.438 e. The molecule has 0 aromatic heterocycles. The second-order valence-electron chi connectivity index (χ2n) is 9.15. The monoisotopic (exact) mass is 354 g/mol. The lowest BCUT2D eigenvalue weighted by atomic mass is 9.49. The van der Waals surface area contributed by atoms with E-state index in [0.29, 0.717) is 5.41 Å². The van der Waals surface area contributed by atoms with Gasteiger partial charge in [-0.15, -0.1) is 0 Å². The quantitative estimate of drug-likeness (QED) is 0.777. The van der Waals surface area contributed by atoms with E-state index in [1.54, 1.807) is 5.57 Å². The SMILES string of the molecule is CC1(C)C2CC=C(CN3CCC4(CC3)OC(=O)Nc3ccccc34)[C@@H]1C2.[HH]. The standard InChI is InChI=1S/C22H28N2O2.H2/c1-21(2)16-8-7-15(18(21)13-16)14-24-11-9-22(10-12-24)17-5-3-4-6-19(17)23-20(25)26-22;/h3-7,16,18H,8-14H2,1-2H3,(H,23,25);1H/t16?,18-;/m0./s1. The number of amides is 1. The van der Waals surface area contributed by atoms with Gasteiger partial charge in [0.1, 0.15) is 5.60 Å². The molecule has 1 aromatic rings. The van der Waals surface area contributed by atoms with Gasteiger partial charge in [-0.05, 0) is 36.2 Å². The highest BCUT2D eigenvalue weighted by Crippen LogP contribution is 2.59. The van der Waals surface area contributed by atoms with Crippen LogP contribution in [0.5, 0.6) is 0 Å². The Morgan fingerprint density at radius 1 is 1.27 bits per heavy atom. The van der Waals surface area contributed by atoms with E-state index in [-0.39, 0.29) is 7.52 Å². The van der Waals surface area contributed by atoms with E-state index in [4.69, 9.17) is 4.74 Å². The molecule has 3 aliphatic carbocycles. The maximum atomic E-state index is 12.1. The predicted molar refractivity (Wildman–Crippen MR) is 104 cm³/mol. The maximum Gasteiger partial charge on any atom is 0.412 e. The van der Waals surface area contributed by atoms with Crippen molar-refractivity contribution in [3.05, 3.63) is 41.5 Å². The Bertz CT molecular complexity index is 780. The lowest BCUT2D eigenvalue weighted by molar-refractivity contribution is -0.0420. The second kappa shape index (κ2) is 5.59. The average molecular weight is 354 g/mol. The number of nitrogens with one attached hydrogen (secondary N) is 1. The molecular formula is C22H30N2O2. The highest BCUT2D eigenvalue weighted by atomic mass is 16.6. The molecule has 1 N–H and O–H groups in total. The molecule has 2 bridgehead atoms. The summed E-state index contributed by atoms with van der Waals surface area (Å²) in [4.78, 5) is 14.6. The van der Waals surface area contributed by atoms with Crippen molar-refractivity contribution in [3.63, 3.8) is 0 Å². The fourth-order valence-electron chi connectivity index (χ4n) is 5.72. The number of allylic oxidation sites excluding steroid dienone is 1. The van der Waals surface area contributed by atoms with Crippen LogP contribution in [0, 0.1) is 17.3 Å². The summed E-state index contributed by atoms with van der Waals surface area (Å²) in [6.45, 7) is 7.93. The smallest absolute Gasteiger partial charge is 0.412 e. The van der Waals surface area contributed by atoms with Gasteiger partial charge >= 0.3 is 6.09 Å². The summed E-state index contributed by atoms with van der Waals surface area (Å²) >= 11 is 0. The predicted octanol–water partition coefficient (Wildman–Crippen LogP) is 4.78.